The predicted molar refractivity (Wildman–Crippen MR) is 85.4 cm³/mol. The minimum Gasteiger partial charge on any atom is -0.482 e. The molecule has 0 aliphatic rings. The normalized spacial score (nSPS) is 13.1. The van der Waals surface area contributed by atoms with Crippen molar-refractivity contribution in [1.82, 2.24) is 5.32 Å². The maximum Gasteiger partial charge on any atom is 0.328 e. The second-order valence-electron chi connectivity index (χ2n) is 4.79. The summed E-state index contributed by atoms with van der Waals surface area (Å²) in [5.41, 5.74) is 0. The molecule has 0 bridgehead atoms. The molecule has 1 aromatic rings. The van der Waals surface area contributed by atoms with Crippen molar-refractivity contribution in [2.75, 3.05) is 13.7 Å². The van der Waals surface area contributed by atoms with Crippen LogP contribution in [0.1, 0.15) is 20.3 Å². The number of methoxy groups -OCH3 is 1. The highest BCUT2D eigenvalue weighted by atomic mass is 35.5. The molecule has 0 unspecified atom stereocenters. The maximum absolute atomic E-state index is 11.9. The fraction of sp³-hybridized carbons (Fsp3) is 0.467. The first kappa shape index (κ1) is 18.6. The lowest BCUT2D eigenvalue weighted by molar-refractivity contribution is -0.146. The standard InChI is InChI=1S/C15H19Cl2NO4/c1-4-9(2)14(15(20)21-3)18-12(19)8-22-11-7-5-6-10(16)13(11)17/h5-7,9,14H,4,8H2,1-3H3,(H,18,19)/t9-,14+/m0/s1. The number of halogens is 2. The summed E-state index contributed by atoms with van der Waals surface area (Å²) in [4.78, 5) is 23.6. The third-order valence-corrected chi connectivity index (χ3v) is 4.06. The molecule has 5 nitrogen and oxygen atoms in total. The molecule has 0 aromatic heterocycles. The van der Waals surface area contributed by atoms with Crippen LogP contribution >= 0.6 is 23.2 Å². The minimum absolute atomic E-state index is 0.0499. The molecule has 0 aliphatic heterocycles. The molecule has 2 atom stereocenters. The van der Waals surface area contributed by atoms with Gasteiger partial charge in [-0.3, -0.25) is 4.79 Å². The number of nitrogens with one attached hydrogen (secondary N) is 1. The number of ether oxygens (including phenoxy) is 2. The molecule has 122 valence electrons. The van der Waals surface area contributed by atoms with E-state index in [1.54, 1.807) is 18.2 Å². The molecule has 1 rings (SSSR count). The molecule has 0 fully saturated rings. The van der Waals surface area contributed by atoms with Gasteiger partial charge in [0.05, 0.1) is 12.1 Å². The molecule has 0 saturated carbocycles. The van der Waals surface area contributed by atoms with Crippen LogP contribution in [0, 0.1) is 5.92 Å². The van der Waals surface area contributed by atoms with Crippen LogP contribution in [0.25, 0.3) is 0 Å². The predicted octanol–water partition coefficient (Wildman–Crippen LogP) is 3.08. The van der Waals surface area contributed by atoms with Gasteiger partial charge in [-0.05, 0) is 18.1 Å². The lowest BCUT2D eigenvalue weighted by Crippen LogP contribution is -2.47. The van der Waals surface area contributed by atoms with E-state index < -0.39 is 17.9 Å². The van der Waals surface area contributed by atoms with Crippen LogP contribution in [0.3, 0.4) is 0 Å². The van der Waals surface area contributed by atoms with E-state index in [4.69, 9.17) is 32.7 Å². The van der Waals surface area contributed by atoms with Crippen LogP contribution in [-0.2, 0) is 14.3 Å². The van der Waals surface area contributed by atoms with E-state index in [1.165, 1.54) is 7.11 Å². The molecule has 22 heavy (non-hydrogen) atoms. The molecule has 1 N–H and O–H groups in total. The zero-order valence-electron chi connectivity index (χ0n) is 12.7. The van der Waals surface area contributed by atoms with E-state index >= 15 is 0 Å². The van der Waals surface area contributed by atoms with Crippen LogP contribution < -0.4 is 10.1 Å². The first-order chi connectivity index (χ1) is 10.4. The number of hydrogen-bond donors (Lipinski definition) is 1. The smallest absolute Gasteiger partial charge is 0.328 e. The third-order valence-electron chi connectivity index (χ3n) is 3.26. The zero-order valence-corrected chi connectivity index (χ0v) is 14.2. The van der Waals surface area contributed by atoms with Crippen LogP contribution in [0.15, 0.2) is 18.2 Å². The van der Waals surface area contributed by atoms with Crippen molar-refractivity contribution >= 4 is 35.1 Å². The van der Waals surface area contributed by atoms with Crippen molar-refractivity contribution in [2.45, 2.75) is 26.3 Å². The lowest BCUT2D eigenvalue weighted by Gasteiger charge is -2.21. The number of esters is 1. The van der Waals surface area contributed by atoms with E-state index in [2.05, 4.69) is 5.32 Å². The molecular formula is C15H19Cl2NO4. The van der Waals surface area contributed by atoms with Gasteiger partial charge >= 0.3 is 5.97 Å². The number of carbonyl (C=O) groups is 2. The summed E-state index contributed by atoms with van der Waals surface area (Å²) >= 11 is 11.8. The number of hydrogen-bond acceptors (Lipinski definition) is 4. The van der Waals surface area contributed by atoms with Gasteiger partial charge in [-0.1, -0.05) is 49.5 Å². The Balaban J connectivity index is 2.64. The second kappa shape index (κ2) is 8.86. The molecule has 1 aromatic carbocycles. The van der Waals surface area contributed by atoms with Gasteiger partial charge in [-0.2, -0.15) is 0 Å². The van der Waals surface area contributed by atoms with Crippen molar-refractivity contribution < 1.29 is 19.1 Å². The first-order valence-corrected chi connectivity index (χ1v) is 7.60. The van der Waals surface area contributed by atoms with Gasteiger partial charge in [0, 0.05) is 0 Å². The maximum atomic E-state index is 11.9. The molecular weight excluding hydrogens is 329 g/mol. The molecule has 0 radical (unpaired) electrons. The molecule has 0 spiro atoms. The Morgan fingerprint density at radius 2 is 2.00 bits per heavy atom. The summed E-state index contributed by atoms with van der Waals surface area (Å²) in [5, 5.41) is 3.19. The van der Waals surface area contributed by atoms with Crippen molar-refractivity contribution in [3.05, 3.63) is 28.2 Å². The average molecular weight is 348 g/mol. The summed E-state index contributed by atoms with van der Waals surface area (Å²) in [6.45, 7) is 3.51. The monoisotopic (exact) mass is 347 g/mol. The van der Waals surface area contributed by atoms with Crippen molar-refractivity contribution in [3.63, 3.8) is 0 Å². The third kappa shape index (κ3) is 5.07. The van der Waals surface area contributed by atoms with E-state index in [1.807, 2.05) is 13.8 Å². The van der Waals surface area contributed by atoms with E-state index in [9.17, 15) is 9.59 Å². The topological polar surface area (TPSA) is 64.6 Å². The lowest BCUT2D eigenvalue weighted by atomic mass is 9.99. The van der Waals surface area contributed by atoms with Gasteiger partial charge in [-0.15, -0.1) is 0 Å². The first-order valence-electron chi connectivity index (χ1n) is 6.84. The Morgan fingerprint density at radius 3 is 2.59 bits per heavy atom. The van der Waals surface area contributed by atoms with Gasteiger partial charge in [-0.25, -0.2) is 4.79 Å². The zero-order chi connectivity index (χ0) is 16.7. The molecule has 7 heteroatoms. The van der Waals surface area contributed by atoms with Gasteiger partial charge in [0.15, 0.2) is 6.61 Å². The van der Waals surface area contributed by atoms with Gasteiger partial charge in [0.2, 0.25) is 0 Å². The minimum atomic E-state index is -0.707. The number of amides is 1. The molecule has 0 heterocycles. The Morgan fingerprint density at radius 1 is 1.32 bits per heavy atom. The summed E-state index contributed by atoms with van der Waals surface area (Å²) < 4.78 is 10.0. The summed E-state index contributed by atoms with van der Waals surface area (Å²) in [7, 11) is 1.28. The Bertz CT molecular complexity index is 536. The van der Waals surface area contributed by atoms with Gasteiger partial charge in [0.1, 0.15) is 16.8 Å². The van der Waals surface area contributed by atoms with Crippen LogP contribution in [-0.4, -0.2) is 31.6 Å². The SMILES string of the molecule is CC[C@H](C)[C@@H](NC(=O)COc1cccc(Cl)c1Cl)C(=O)OC. The Labute approximate surface area is 139 Å². The fourth-order valence-electron chi connectivity index (χ4n) is 1.75. The summed E-state index contributed by atoms with van der Waals surface area (Å²) in [6, 6.07) is 4.18. The van der Waals surface area contributed by atoms with E-state index in [-0.39, 0.29) is 17.5 Å². The Kier molecular flexibility index (Phi) is 7.48. The van der Waals surface area contributed by atoms with Crippen molar-refractivity contribution in [1.29, 1.82) is 0 Å². The summed E-state index contributed by atoms with van der Waals surface area (Å²) in [6.07, 6.45) is 0.723. The highest BCUT2D eigenvalue weighted by molar-refractivity contribution is 6.42. The van der Waals surface area contributed by atoms with Gasteiger partial charge in [0.25, 0.3) is 5.91 Å². The molecule has 0 aliphatic carbocycles. The average Bonchev–Trinajstić information content (AvgIpc) is 2.52. The van der Waals surface area contributed by atoms with Crippen LogP contribution in [0.2, 0.25) is 10.0 Å². The van der Waals surface area contributed by atoms with Crippen molar-refractivity contribution in [3.8, 4) is 5.75 Å². The largest absolute Gasteiger partial charge is 0.482 e. The molecule has 0 saturated heterocycles. The quantitative estimate of drug-likeness (QED) is 0.769. The highest BCUT2D eigenvalue weighted by Gasteiger charge is 2.26. The van der Waals surface area contributed by atoms with E-state index in [0.29, 0.717) is 10.8 Å². The Hall–Kier alpha value is -1.46. The van der Waals surface area contributed by atoms with Crippen molar-refractivity contribution in [2.24, 2.45) is 5.92 Å². The number of carbonyl (C=O) groups excluding carboxylic acids is 2. The molecule has 1 amide bonds. The van der Waals surface area contributed by atoms with E-state index in [0.717, 1.165) is 6.42 Å². The summed E-state index contributed by atoms with van der Waals surface area (Å²) in [5.74, 6) is -0.663. The van der Waals surface area contributed by atoms with Gasteiger partial charge < -0.3 is 14.8 Å². The van der Waals surface area contributed by atoms with Crippen LogP contribution in [0.4, 0.5) is 0 Å². The number of rotatable bonds is 7. The number of benzene rings is 1. The fourth-order valence-corrected chi connectivity index (χ4v) is 2.10. The highest BCUT2D eigenvalue weighted by Crippen LogP contribution is 2.31. The van der Waals surface area contributed by atoms with Crippen LogP contribution in [0.5, 0.6) is 5.75 Å². The second-order valence-corrected chi connectivity index (χ2v) is 5.58.